The van der Waals surface area contributed by atoms with Crippen molar-refractivity contribution in [2.24, 2.45) is 0 Å². The Bertz CT molecular complexity index is 560. The molecule has 0 fully saturated rings. The van der Waals surface area contributed by atoms with Gasteiger partial charge in [0.05, 0.1) is 6.04 Å². The van der Waals surface area contributed by atoms with Gasteiger partial charge in [-0.15, -0.1) is 0 Å². The van der Waals surface area contributed by atoms with E-state index in [0.29, 0.717) is 5.02 Å². The first kappa shape index (κ1) is 12.8. The maximum atomic E-state index is 13.4. The monoisotopic (exact) mass is 268 g/mol. The van der Waals surface area contributed by atoms with E-state index in [1.165, 1.54) is 0 Å². The molecule has 94 valence electrons. The van der Waals surface area contributed by atoms with Crippen LogP contribution < -0.4 is 5.32 Å². The highest BCUT2D eigenvalue weighted by molar-refractivity contribution is 6.31. The highest BCUT2D eigenvalue weighted by Crippen LogP contribution is 2.25. The molecule has 1 atom stereocenters. The molecule has 18 heavy (non-hydrogen) atoms. The molecule has 0 bridgehead atoms. The van der Waals surface area contributed by atoms with Crippen LogP contribution in [-0.2, 0) is 0 Å². The molecule has 0 unspecified atom stereocenters. The van der Waals surface area contributed by atoms with E-state index in [9.17, 15) is 8.78 Å². The lowest BCUT2D eigenvalue weighted by Crippen LogP contribution is -2.10. The van der Waals surface area contributed by atoms with Crippen LogP contribution in [0, 0.1) is 11.8 Å². The Morgan fingerprint density at radius 3 is 2.61 bits per heavy atom. The average molecular weight is 269 g/mol. The van der Waals surface area contributed by atoms with Gasteiger partial charge in [-0.1, -0.05) is 29.8 Å². The third kappa shape index (κ3) is 2.76. The summed E-state index contributed by atoms with van der Waals surface area (Å²) >= 11 is 6.03. The van der Waals surface area contributed by atoms with Crippen molar-refractivity contribution in [1.29, 1.82) is 0 Å². The fraction of sp³-hybridized carbons (Fsp3) is 0.154. The Kier molecular flexibility index (Phi) is 3.77. The molecule has 5 heteroatoms. The van der Waals surface area contributed by atoms with Crippen LogP contribution in [0.25, 0.3) is 0 Å². The Hall–Kier alpha value is -1.68. The summed E-state index contributed by atoms with van der Waals surface area (Å²) in [6.45, 7) is 1.80. The van der Waals surface area contributed by atoms with Crippen LogP contribution in [0.2, 0.25) is 5.02 Å². The van der Waals surface area contributed by atoms with Crippen molar-refractivity contribution < 1.29 is 8.78 Å². The SMILES string of the molecule is C[C@H](Nc1nc(F)ccc1F)c1ccccc1Cl. The normalized spacial score (nSPS) is 12.2. The van der Waals surface area contributed by atoms with Crippen LogP contribution in [0.4, 0.5) is 14.6 Å². The Balaban J connectivity index is 2.24. The molecule has 0 radical (unpaired) electrons. The number of nitrogens with zero attached hydrogens (tertiary/aromatic N) is 1. The van der Waals surface area contributed by atoms with Gasteiger partial charge >= 0.3 is 0 Å². The number of benzene rings is 1. The topological polar surface area (TPSA) is 24.9 Å². The maximum Gasteiger partial charge on any atom is 0.214 e. The number of hydrogen-bond acceptors (Lipinski definition) is 2. The molecule has 1 N–H and O–H groups in total. The zero-order chi connectivity index (χ0) is 13.1. The highest BCUT2D eigenvalue weighted by atomic mass is 35.5. The van der Waals surface area contributed by atoms with E-state index in [-0.39, 0.29) is 11.9 Å². The van der Waals surface area contributed by atoms with E-state index in [1.807, 2.05) is 12.1 Å². The van der Waals surface area contributed by atoms with Crippen molar-refractivity contribution in [3.05, 3.63) is 58.7 Å². The van der Waals surface area contributed by atoms with Crippen molar-refractivity contribution in [2.45, 2.75) is 13.0 Å². The van der Waals surface area contributed by atoms with Gasteiger partial charge in [0.25, 0.3) is 0 Å². The first-order chi connectivity index (χ1) is 8.58. The van der Waals surface area contributed by atoms with Gasteiger partial charge in [-0.05, 0) is 30.7 Å². The van der Waals surface area contributed by atoms with Crippen molar-refractivity contribution in [3.8, 4) is 0 Å². The molecule has 0 aliphatic carbocycles. The minimum atomic E-state index is -0.731. The molecule has 2 rings (SSSR count). The summed E-state index contributed by atoms with van der Waals surface area (Å²) in [4.78, 5) is 3.47. The number of rotatable bonds is 3. The van der Waals surface area contributed by atoms with E-state index in [1.54, 1.807) is 19.1 Å². The van der Waals surface area contributed by atoms with Crippen LogP contribution in [0.3, 0.4) is 0 Å². The average Bonchev–Trinajstić information content (AvgIpc) is 2.34. The zero-order valence-electron chi connectivity index (χ0n) is 9.62. The Morgan fingerprint density at radius 1 is 1.17 bits per heavy atom. The molecule has 2 nitrogen and oxygen atoms in total. The van der Waals surface area contributed by atoms with Gasteiger partial charge in [0.1, 0.15) is 0 Å². The second kappa shape index (κ2) is 5.31. The van der Waals surface area contributed by atoms with Crippen LogP contribution in [0.1, 0.15) is 18.5 Å². The van der Waals surface area contributed by atoms with Crippen LogP contribution >= 0.6 is 11.6 Å². The third-order valence-corrected chi connectivity index (χ3v) is 2.88. The lowest BCUT2D eigenvalue weighted by Gasteiger charge is -2.16. The molecule has 0 spiro atoms. The Morgan fingerprint density at radius 2 is 1.89 bits per heavy atom. The first-order valence-corrected chi connectivity index (χ1v) is 5.78. The molecule has 0 aliphatic rings. The van der Waals surface area contributed by atoms with Gasteiger partial charge in [-0.25, -0.2) is 4.39 Å². The molecular formula is C13H11ClF2N2. The Labute approximate surface area is 109 Å². The standard InChI is InChI=1S/C13H11ClF2N2/c1-8(9-4-2-3-5-10(9)14)17-13-11(15)6-7-12(16)18-13/h2-8H,1H3,(H,17,18)/t8-/m0/s1. The van der Waals surface area contributed by atoms with Crippen molar-refractivity contribution in [1.82, 2.24) is 4.98 Å². The maximum absolute atomic E-state index is 13.4. The van der Waals surface area contributed by atoms with Gasteiger partial charge < -0.3 is 5.32 Å². The summed E-state index contributed by atoms with van der Waals surface area (Å²) in [5, 5.41) is 3.36. The smallest absolute Gasteiger partial charge is 0.214 e. The van der Waals surface area contributed by atoms with Gasteiger partial charge in [-0.3, -0.25) is 0 Å². The largest absolute Gasteiger partial charge is 0.361 e. The van der Waals surface area contributed by atoms with Crippen LogP contribution in [0.15, 0.2) is 36.4 Å². The minimum absolute atomic E-state index is 0.123. The van der Waals surface area contributed by atoms with Crippen LogP contribution in [0.5, 0.6) is 0 Å². The number of nitrogens with one attached hydrogen (secondary N) is 1. The van der Waals surface area contributed by atoms with Crippen molar-refractivity contribution in [2.75, 3.05) is 5.32 Å². The number of pyridine rings is 1. The molecule has 0 saturated carbocycles. The van der Waals surface area contributed by atoms with Gasteiger partial charge in [0.15, 0.2) is 11.6 Å². The quantitative estimate of drug-likeness (QED) is 0.845. The number of anilines is 1. The lowest BCUT2D eigenvalue weighted by molar-refractivity contribution is 0.561. The summed E-state index contributed by atoms with van der Waals surface area (Å²) < 4.78 is 26.4. The van der Waals surface area contributed by atoms with E-state index in [4.69, 9.17) is 11.6 Å². The highest BCUT2D eigenvalue weighted by Gasteiger charge is 2.12. The fourth-order valence-electron chi connectivity index (χ4n) is 1.63. The van der Waals surface area contributed by atoms with Crippen LogP contribution in [-0.4, -0.2) is 4.98 Å². The third-order valence-electron chi connectivity index (χ3n) is 2.54. The predicted molar refractivity (Wildman–Crippen MR) is 67.6 cm³/mol. The molecule has 1 heterocycles. The molecule has 1 aromatic carbocycles. The number of halogens is 3. The molecule has 0 saturated heterocycles. The number of hydrogen-bond donors (Lipinski definition) is 1. The van der Waals surface area contributed by atoms with Gasteiger partial charge in [-0.2, -0.15) is 9.37 Å². The number of aromatic nitrogens is 1. The summed E-state index contributed by atoms with van der Waals surface area (Å²) in [6, 6.07) is 8.92. The van der Waals surface area contributed by atoms with E-state index in [0.717, 1.165) is 17.7 Å². The van der Waals surface area contributed by atoms with Gasteiger partial charge in [0.2, 0.25) is 5.95 Å². The zero-order valence-corrected chi connectivity index (χ0v) is 10.4. The van der Waals surface area contributed by atoms with Gasteiger partial charge in [0, 0.05) is 5.02 Å². The van der Waals surface area contributed by atoms with Crippen molar-refractivity contribution >= 4 is 17.4 Å². The molecule has 0 amide bonds. The molecule has 2 aromatic rings. The predicted octanol–water partition coefficient (Wildman–Crippen LogP) is 4.19. The molecule has 1 aromatic heterocycles. The fourth-order valence-corrected chi connectivity index (χ4v) is 1.93. The summed E-state index contributed by atoms with van der Waals surface area (Å²) in [5.41, 5.74) is 0.796. The van der Waals surface area contributed by atoms with E-state index >= 15 is 0 Å². The lowest BCUT2D eigenvalue weighted by atomic mass is 10.1. The second-order valence-corrected chi connectivity index (χ2v) is 4.26. The van der Waals surface area contributed by atoms with E-state index < -0.39 is 11.8 Å². The first-order valence-electron chi connectivity index (χ1n) is 5.41. The summed E-state index contributed by atoms with van der Waals surface area (Å²) in [7, 11) is 0. The van der Waals surface area contributed by atoms with E-state index in [2.05, 4.69) is 10.3 Å². The molecular weight excluding hydrogens is 258 g/mol. The summed E-state index contributed by atoms with van der Waals surface area (Å²) in [6.07, 6.45) is 0. The van der Waals surface area contributed by atoms with Crippen molar-refractivity contribution in [3.63, 3.8) is 0 Å². The summed E-state index contributed by atoms with van der Waals surface area (Å²) in [5.74, 6) is -1.46. The minimum Gasteiger partial charge on any atom is -0.361 e. The second-order valence-electron chi connectivity index (χ2n) is 3.85. The molecule has 0 aliphatic heterocycles.